The summed E-state index contributed by atoms with van der Waals surface area (Å²) in [4.78, 5) is 14.7. The quantitative estimate of drug-likeness (QED) is 0.727. The Morgan fingerprint density at radius 2 is 2.30 bits per heavy atom. The number of aryl methyl sites for hydroxylation is 2. The van der Waals surface area contributed by atoms with Gasteiger partial charge in [-0.1, -0.05) is 0 Å². The van der Waals surface area contributed by atoms with Crippen LogP contribution in [0.1, 0.15) is 29.7 Å². The summed E-state index contributed by atoms with van der Waals surface area (Å²) in [6.07, 6.45) is 2.44. The van der Waals surface area contributed by atoms with E-state index in [-0.39, 0.29) is 11.7 Å². The molecule has 1 atom stereocenters. The first-order chi connectivity index (χ1) is 9.56. The number of pyridine rings is 1. The second-order valence-corrected chi connectivity index (χ2v) is 5.55. The Balaban J connectivity index is 1.82. The van der Waals surface area contributed by atoms with Crippen LogP contribution < -0.4 is 16.2 Å². The molecule has 0 unspecified atom stereocenters. The Hall–Kier alpha value is -1.40. The standard InChI is InChI=1S/C14H21N3O2S/c1-9-6-10(2)17-13(18)12(9)8-16-14(20)15-7-11-4-3-5-19-11/h6,11H,3-5,7-8H2,1-2H3,(H,17,18)(H2,15,16,20)/t11-/m1/s1. The summed E-state index contributed by atoms with van der Waals surface area (Å²) in [5.74, 6) is 0. The first-order valence-corrected chi connectivity index (χ1v) is 7.30. The van der Waals surface area contributed by atoms with Gasteiger partial charge in [-0.3, -0.25) is 4.79 Å². The lowest BCUT2D eigenvalue weighted by molar-refractivity contribution is 0.114. The zero-order valence-electron chi connectivity index (χ0n) is 11.9. The Bertz CT molecular complexity index is 536. The maximum absolute atomic E-state index is 11.9. The zero-order valence-corrected chi connectivity index (χ0v) is 12.7. The molecule has 0 spiro atoms. The molecule has 1 aromatic heterocycles. The molecule has 0 bridgehead atoms. The Morgan fingerprint density at radius 1 is 1.50 bits per heavy atom. The molecule has 20 heavy (non-hydrogen) atoms. The van der Waals surface area contributed by atoms with Gasteiger partial charge in [-0.2, -0.15) is 0 Å². The first-order valence-electron chi connectivity index (χ1n) is 6.89. The van der Waals surface area contributed by atoms with E-state index in [2.05, 4.69) is 15.6 Å². The van der Waals surface area contributed by atoms with Crippen LogP contribution in [0.25, 0.3) is 0 Å². The normalized spacial score (nSPS) is 18.0. The van der Waals surface area contributed by atoms with E-state index in [1.54, 1.807) is 0 Å². The summed E-state index contributed by atoms with van der Waals surface area (Å²) in [7, 11) is 0. The SMILES string of the molecule is Cc1cc(C)c(CNC(=S)NC[C@H]2CCCO2)c(=O)[nH]1. The number of ether oxygens (including phenoxy) is 1. The van der Waals surface area contributed by atoms with Crippen molar-refractivity contribution in [1.82, 2.24) is 15.6 Å². The number of hydrogen-bond acceptors (Lipinski definition) is 3. The van der Waals surface area contributed by atoms with E-state index < -0.39 is 0 Å². The van der Waals surface area contributed by atoms with Crippen LogP contribution in [0.3, 0.4) is 0 Å². The van der Waals surface area contributed by atoms with Crippen molar-refractivity contribution in [1.29, 1.82) is 0 Å². The number of rotatable bonds is 4. The zero-order chi connectivity index (χ0) is 14.5. The van der Waals surface area contributed by atoms with Crippen LogP contribution in [0.5, 0.6) is 0 Å². The molecule has 1 aliphatic rings. The monoisotopic (exact) mass is 295 g/mol. The van der Waals surface area contributed by atoms with Crippen molar-refractivity contribution in [2.24, 2.45) is 0 Å². The Kier molecular flexibility index (Phi) is 5.14. The van der Waals surface area contributed by atoms with Crippen LogP contribution in [0.15, 0.2) is 10.9 Å². The van der Waals surface area contributed by atoms with E-state index in [4.69, 9.17) is 17.0 Å². The maximum atomic E-state index is 11.9. The van der Waals surface area contributed by atoms with Crippen molar-refractivity contribution in [2.45, 2.75) is 39.3 Å². The van der Waals surface area contributed by atoms with Gasteiger partial charge in [-0.15, -0.1) is 0 Å². The Labute approximate surface area is 124 Å². The maximum Gasteiger partial charge on any atom is 0.253 e. The van der Waals surface area contributed by atoms with Crippen LogP contribution in [-0.4, -0.2) is 29.4 Å². The number of aromatic amines is 1. The summed E-state index contributed by atoms with van der Waals surface area (Å²) < 4.78 is 5.51. The molecule has 0 aliphatic carbocycles. The molecule has 0 radical (unpaired) electrons. The van der Waals surface area contributed by atoms with Gasteiger partial charge in [0, 0.05) is 31.0 Å². The third-order valence-electron chi connectivity index (χ3n) is 3.43. The van der Waals surface area contributed by atoms with Gasteiger partial charge in [0.15, 0.2) is 5.11 Å². The van der Waals surface area contributed by atoms with E-state index in [1.807, 2.05) is 19.9 Å². The molecular formula is C14H21N3O2S. The van der Waals surface area contributed by atoms with Gasteiger partial charge in [-0.25, -0.2) is 0 Å². The van der Waals surface area contributed by atoms with Crippen molar-refractivity contribution in [3.8, 4) is 0 Å². The fourth-order valence-corrected chi connectivity index (χ4v) is 2.50. The fourth-order valence-electron chi connectivity index (χ4n) is 2.34. The number of hydrogen-bond donors (Lipinski definition) is 3. The number of aromatic nitrogens is 1. The average molecular weight is 295 g/mol. The van der Waals surface area contributed by atoms with Crippen molar-refractivity contribution in [3.05, 3.63) is 33.2 Å². The largest absolute Gasteiger partial charge is 0.376 e. The molecular weight excluding hydrogens is 274 g/mol. The highest BCUT2D eigenvalue weighted by Gasteiger charge is 2.15. The predicted molar refractivity (Wildman–Crippen MR) is 83.0 cm³/mol. The van der Waals surface area contributed by atoms with Crippen molar-refractivity contribution >= 4 is 17.3 Å². The second kappa shape index (κ2) is 6.85. The minimum Gasteiger partial charge on any atom is -0.376 e. The number of nitrogens with one attached hydrogen (secondary N) is 3. The molecule has 1 saturated heterocycles. The predicted octanol–water partition coefficient (Wildman–Crippen LogP) is 1.13. The summed E-state index contributed by atoms with van der Waals surface area (Å²) in [6.45, 7) is 5.79. The van der Waals surface area contributed by atoms with Gasteiger partial charge >= 0.3 is 0 Å². The van der Waals surface area contributed by atoms with Crippen LogP contribution in [0.4, 0.5) is 0 Å². The highest BCUT2D eigenvalue weighted by Crippen LogP contribution is 2.10. The Morgan fingerprint density at radius 3 is 2.95 bits per heavy atom. The number of thiocarbonyl (C=S) groups is 1. The minimum absolute atomic E-state index is 0.0584. The molecule has 1 aliphatic heterocycles. The van der Waals surface area contributed by atoms with Gasteiger partial charge in [0.1, 0.15) is 0 Å². The molecule has 0 saturated carbocycles. The van der Waals surface area contributed by atoms with Gasteiger partial charge < -0.3 is 20.4 Å². The molecule has 6 heteroatoms. The molecule has 2 rings (SSSR count). The van der Waals surface area contributed by atoms with Crippen molar-refractivity contribution in [3.63, 3.8) is 0 Å². The molecule has 0 aromatic carbocycles. The number of H-pyrrole nitrogens is 1. The summed E-state index contributed by atoms with van der Waals surface area (Å²) >= 11 is 5.21. The van der Waals surface area contributed by atoms with E-state index in [9.17, 15) is 4.79 Å². The van der Waals surface area contributed by atoms with Crippen LogP contribution in [0, 0.1) is 13.8 Å². The topological polar surface area (TPSA) is 66.2 Å². The summed E-state index contributed by atoms with van der Waals surface area (Å²) in [5.41, 5.74) is 2.50. The lowest BCUT2D eigenvalue weighted by Gasteiger charge is -2.14. The van der Waals surface area contributed by atoms with Gasteiger partial charge in [0.05, 0.1) is 6.10 Å². The smallest absolute Gasteiger partial charge is 0.253 e. The molecule has 1 aromatic rings. The highest BCUT2D eigenvalue weighted by molar-refractivity contribution is 7.80. The molecule has 0 amide bonds. The van der Waals surface area contributed by atoms with E-state index in [0.29, 0.717) is 11.7 Å². The third kappa shape index (κ3) is 4.05. The summed E-state index contributed by atoms with van der Waals surface area (Å²) in [5, 5.41) is 6.75. The van der Waals surface area contributed by atoms with E-state index in [1.165, 1.54) is 0 Å². The second-order valence-electron chi connectivity index (χ2n) is 5.14. The van der Waals surface area contributed by atoms with Crippen LogP contribution in [-0.2, 0) is 11.3 Å². The van der Waals surface area contributed by atoms with Crippen molar-refractivity contribution in [2.75, 3.05) is 13.2 Å². The van der Waals surface area contributed by atoms with Gasteiger partial charge in [0.25, 0.3) is 5.56 Å². The highest BCUT2D eigenvalue weighted by atomic mass is 32.1. The van der Waals surface area contributed by atoms with Crippen LogP contribution >= 0.6 is 12.2 Å². The fraction of sp³-hybridized carbons (Fsp3) is 0.571. The third-order valence-corrected chi connectivity index (χ3v) is 3.72. The van der Waals surface area contributed by atoms with Gasteiger partial charge in [-0.05, 0) is 50.5 Å². The van der Waals surface area contributed by atoms with E-state index >= 15 is 0 Å². The minimum atomic E-state index is -0.0584. The lowest BCUT2D eigenvalue weighted by Crippen LogP contribution is -2.40. The first kappa shape index (κ1) is 15.0. The molecule has 5 nitrogen and oxygen atoms in total. The van der Waals surface area contributed by atoms with Gasteiger partial charge in [0.2, 0.25) is 0 Å². The van der Waals surface area contributed by atoms with E-state index in [0.717, 1.165) is 42.8 Å². The molecule has 1 fully saturated rings. The summed E-state index contributed by atoms with van der Waals surface area (Å²) in [6, 6.07) is 1.96. The van der Waals surface area contributed by atoms with Crippen LogP contribution in [0.2, 0.25) is 0 Å². The molecule has 3 N–H and O–H groups in total. The average Bonchev–Trinajstić information content (AvgIpc) is 2.88. The molecule has 2 heterocycles. The lowest BCUT2D eigenvalue weighted by atomic mass is 10.1. The molecule has 110 valence electrons. The van der Waals surface area contributed by atoms with Crippen molar-refractivity contribution < 1.29 is 4.74 Å².